The fourth-order valence-corrected chi connectivity index (χ4v) is 3.68. The summed E-state index contributed by atoms with van der Waals surface area (Å²) in [5.41, 5.74) is 3.16. The second-order valence-electron chi connectivity index (χ2n) is 7.86. The van der Waals surface area contributed by atoms with Gasteiger partial charge < -0.3 is 19.3 Å². The number of rotatable bonds is 7. The van der Waals surface area contributed by atoms with Crippen molar-refractivity contribution in [3.05, 3.63) is 59.2 Å². The van der Waals surface area contributed by atoms with Gasteiger partial charge in [0.15, 0.2) is 6.61 Å². The number of carbonyl (C=O) groups excluding carboxylic acids is 2. The second-order valence-corrected chi connectivity index (χ2v) is 7.86. The maximum Gasteiger partial charge on any atom is 0.260 e. The summed E-state index contributed by atoms with van der Waals surface area (Å²) in [6.07, 6.45) is 1.13. The average Bonchev–Trinajstić information content (AvgIpc) is 3.03. The van der Waals surface area contributed by atoms with Gasteiger partial charge in [-0.15, -0.1) is 0 Å². The Morgan fingerprint density at radius 3 is 2.23 bits per heavy atom. The van der Waals surface area contributed by atoms with Crippen LogP contribution in [0.3, 0.4) is 0 Å². The van der Waals surface area contributed by atoms with Gasteiger partial charge >= 0.3 is 0 Å². The van der Waals surface area contributed by atoms with Crippen LogP contribution in [0.2, 0.25) is 0 Å². The molecule has 2 amide bonds. The summed E-state index contributed by atoms with van der Waals surface area (Å²) in [5, 5.41) is 0. The number of ether oxygens (including phenoxy) is 2. The number of carbonyl (C=O) groups is 2. The first-order valence-corrected chi connectivity index (χ1v) is 10.9. The van der Waals surface area contributed by atoms with Crippen molar-refractivity contribution in [2.45, 2.75) is 33.6 Å². The lowest BCUT2D eigenvalue weighted by Gasteiger charge is -2.22. The van der Waals surface area contributed by atoms with Gasteiger partial charge in [0.1, 0.15) is 11.5 Å². The Bertz CT molecular complexity index is 895. The molecule has 0 unspecified atom stereocenters. The van der Waals surface area contributed by atoms with Crippen molar-refractivity contribution in [1.82, 2.24) is 9.80 Å². The fraction of sp³-hybridized carbons (Fsp3) is 0.440. The summed E-state index contributed by atoms with van der Waals surface area (Å²) in [6.45, 7) is 8.99. The highest BCUT2D eigenvalue weighted by atomic mass is 16.5. The minimum absolute atomic E-state index is 0.0183. The molecule has 0 N–H and O–H groups in total. The highest BCUT2D eigenvalue weighted by Crippen LogP contribution is 2.20. The molecule has 166 valence electrons. The molecule has 6 nitrogen and oxygen atoms in total. The van der Waals surface area contributed by atoms with Crippen molar-refractivity contribution in [1.29, 1.82) is 0 Å². The lowest BCUT2D eigenvalue weighted by atomic mass is 10.1. The van der Waals surface area contributed by atoms with Crippen molar-refractivity contribution >= 4 is 11.8 Å². The van der Waals surface area contributed by atoms with E-state index in [1.807, 2.05) is 68.1 Å². The van der Waals surface area contributed by atoms with Gasteiger partial charge in [-0.2, -0.15) is 0 Å². The summed E-state index contributed by atoms with van der Waals surface area (Å²) >= 11 is 0. The minimum atomic E-state index is -0.0401. The monoisotopic (exact) mass is 424 g/mol. The van der Waals surface area contributed by atoms with Crippen molar-refractivity contribution in [2.24, 2.45) is 0 Å². The molecule has 31 heavy (non-hydrogen) atoms. The molecule has 0 bridgehead atoms. The fourth-order valence-electron chi connectivity index (χ4n) is 3.68. The zero-order valence-electron chi connectivity index (χ0n) is 18.7. The largest absolute Gasteiger partial charge is 0.494 e. The van der Waals surface area contributed by atoms with E-state index in [2.05, 4.69) is 0 Å². The normalized spacial score (nSPS) is 14.2. The minimum Gasteiger partial charge on any atom is -0.494 e. The number of hydrogen-bond acceptors (Lipinski definition) is 4. The lowest BCUT2D eigenvalue weighted by Crippen LogP contribution is -2.39. The summed E-state index contributed by atoms with van der Waals surface area (Å²) < 4.78 is 11.2. The predicted octanol–water partition coefficient (Wildman–Crippen LogP) is 3.38. The molecule has 3 rings (SSSR count). The lowest BCUT2D eigenvalue weighted by molar-refractivity contribution is -0.134. The maximum atomic E-state index is 12.8. The van der Waals surface area contributed by atoms with Crippen LogP contribution < -0.4 is 9.47 Å². The molecule has 1 heterocycles. The Labute approximate surface area is 184 Å². The van der Waals surface area contributed by atoms with Crippen LogP contribution in [0.15, 0.2) is 42.5 Å². The van der Waals surface area contributed by atoms with Crippen LogP contribution in [0.1, 0.15) is 30.0 Å². The third kappa shape index (κ3) is 6.23. The Hall–Kier alpha value is -3.02. The Morgan fingerprint density at radius 1 is 0.871 bits per heavy atom. The van der Waals surface area contributed by atoms with Gasteiger partial charge in [0.05, 0.1) is 13.0 Å². The molecule has 0 spiro atoms. The first-order chi connectivity index (χ1) is 15.0. The summed E-state index contributed by atoms with van der Waals surface area (Å²) in [4.78, 5) is 29.1. The van der Waals surface area contributed by atoms with Crippen LogP contribution in [0.4, 0.5) is 0 Å². The van der Waals surface area contributed by atoms with Gasteiger partial charge in [0, 0.05) is 26.2 Å². The maximum absolute atomic E-state index is 12.8. The predicted molar refractivity (Wildman–Crippen MR) is 121 cm³/mol. The number of benzene rings is 2. The first kappa shape index (κ1) is 22.7. The summed E-state index contributed by atoms with van der Waals surface area (Å²) in [5.74, 6) is 1.60. The molecule has 0 aliphatic carbocycles. The van der Waals surface area contributed by atoms with Crippen LogP contribution in [0.25, 0.3) is 0 Å². The molecule has 0 aromatic heterocycles. The molecule has 1 saturated heterocycles. The SMILES string of the molecule is CCOc1ccc(CC(=O)N2CCCN(C(=O)COc3cccc(C)c3C)CC2)cc1. The molecule has 0 atom stereocenters. The van der Waals surface area contributed by atoms with Gasteiger partial charge in [0.2, 0.25) is 5.91 Å². The van der Waals surface area contributed by atoms with E-state index < -0.39 is 0 Å². The van der Waals surface area contributed by atoms with E-state index in [0.717, 1.165) is 34.6 Å². The number of aryl methyl sites for hydroxylation is 1. The molecule has 0 radical (unpaired) electrons. The van der Waals surface area contributed by atoms with E-state index in [-0.39, 0.29) is 18.4 Å². The third-order valence-electron chi connectivity index (χ3n) is 5.70. The standard InChI is InChI=1S/C25H32N2O4/c1-4-30-22-11-9-21(10-12-22)17-24(28)26-13-6-14-27(16-15-26)25(29)18-31-23-8-5-7-19(2)20(23)3/h5,7-12H,4,6,13-18H2,1-3H3. The van der Waals surface area contributed by atoms with Gasteiger partial charge in [-0.05, 0) is 62.1 Å². The van der Waals surface area contributed by atoms with Crippen molar-refractivity contribution in [2.75, 3.05) is 39.4 Å². The molecule has 6 heteroatoms. The van der Waals surface area contributed by atoms with E-state index in [9.17, 15) is 9.59 Å². The van der Waals surface area contributed by atoms with Crippen molar-refractivity contribution in [3.8, 4) is 11.5 Å². The topological polar surface area (TPSA) is 59.1 Å². The highest BCUT2D eigenvalue weighted by Gasteiger charge is 2.22. The Kier molecular flexibility index (Phi) is 7.93. The van der Waals surface area contributed by atoms with Gasteiger partial charge in [0.25, 0.3) is 5.91 Å². The van der Waals surface area contributed by atoms with E-state index in [4.69, 9.17) is 9.47 Å². The van der Waals surface area contributed by atoms with Gasteiger partial charge in [-0.3, -0.25) is 9.59 Å². The van der Waals surface area contributed by atoms with Crippen LogP contribution in [-0.2, 0) is 16.0 Å². The molecular weight excluding hydrogens is 392 g/mol. The van der Waals surface area contributed by atoms with E-state index in [1.54, 1.807) is 4.90 Å². The molecule has 2 aromatic rings. The van der Waals surface area contributed by atoms with E-state index in [1.165, 1.54) is 0 Å². The molecule has 1 aliphatic heterocycles. The third-order valence-corrected chi connectivity index (χ3v) is 5.70. The highest BCUT2D eigenvalue weighted by molar-refractivity contribution is 5.80. The Balaban J connectivity index is 1.49. The van der Waals surface area contributed by atoms with Crippen LogP contribution in [-0.4, -0.2) is 61.0 Å². The van der Waals surface area contributed by atoms with Crippen LogP contribution >= 0.6 is 0 Å². The molecule has 0 saturated carbocycles. The van der Waals surface area contributed by atoms with E-state index in [0.29, 0.717) is 39.2 Å². The second kappa shape index (κ2) is 10.8. The molecule has 1 fully saturated rings. The zero-order chi connectivity index (χ0) is 22.2. The summed E-state index contributed by atoms with van der Waals surface area (Å²) in [6, 6.07) is 13.5. The van der Waals surface area contributed by atoms with Crippen LogP contribution in [0, 0.1) is 13.8 Å². The number of amides is 2. The number of hydrogen-bond donors (Lipinski definition) is 0. The zero-order valence-corrected chi connectivity index (χ0v) is 18.7. The number of nitrogens with zero attached hydrogens (tertiary/aromatic N) is 2. The summed E-state index contributed by atoms with van der Waals surface area (Å²) in [7, 11) is 0. The van der Waals surface area contributed by atoms with E-state index >= 15 is 0 Å². The average molecular weight is 425 g/mol. The quantitative estimate of drug-likeness (QED) is 0.684. The smallest absolute Gasteiger partial charge is 0.260 e. The van der Waals surface area contributed by atoms with Gasteiger partial charge in [-0.1, -0.05) is 24.3 Å². The Morgan fingerprint density at radius 2 is 1.55 bits per heavy atom. The first-order valence-electron chi connectivity index (χ1n) is 10.9. The molecular formula is C25H32N2O4. The van der Waals surface area contributed by atoms with Crippen molar-refractivity contribution < 1.29 is 19.1 Å². The van der Waals surface area contributed by atoms with Gasteiger partial charge in [-0.25, -0.2) is 0 Å². The molecule has 2 aromatic carbocycles. The van der Waals surface area contributed by atoms with Crippen LogP contribution in [0.5, 0.6) is 11.5 Å². The molecule has 1 aliphatic rings. The van der Waals surface area contributed by atoms with Crippen molar-refractivity contribution in [3.63, 3.8) is 0 Å².